The molecule has 1 rings (SSSR count). The van der Waals surface area contributed by atoms with Crippen molar-refractivity contribution in [1.82, 2.24) is 5.32 Å². The monoisotopic (exact) mass is 189 g/mol. The van der Waals surface area contributed by atoms with Crippen molar-refractivity contribution >= 4 is 0 Å². The molecule has 0 fully saturated rings. The second-order valence-electron chi connectivity index (χ2n) is 3.99. The molecule has 0 unspecified atom stereocenters. The van der Waals surface area contributed by atoms with Crippen molar-refractivity contribution in [2.45, 2.75) is 27.3 Å². The fourth-order valence-electron chi connectivity index (χ4n) is 1.45. The molecule has 1 nitrogen and oxygen atoms in total. The lowest BCUT2D eigenvalue weighted by Gasteiger charge is -2.08. The zero-order valence-electron chi connectivity index (χ0n) is 9.35. The summed E-state index contributed by atoms with van der Waals surface area (Å²) < 4.78 is 0. The van der Waals surface area contributed by atoms with Crippen LogP contribution in [0.1, 0.15) is 23.6 Å². The summed E-state index contributed by atoms with van der Waals surface area (Å²) in [5, 5.41) is 3.36. The van der Waals surface area contributed by atoms with Gasteiger partial charge >= 0.3 is 0 Å². The Labute approximate surface area is 86.8 Å². The first-order valence-electron chi connectivity index (χ1n) is 5.01. The summed E-state index contributed by atoms with van der Waals surface area (Å²) in [6.45, 7) is 12.0. The third-order valence-electron chi connectivity index (χ3n) is 2.24. The minimum atomic E-state index is 0.896. The van der Waals surface area contributed by atoms with Crippen LogP contribution in [0.3, 0.4) is 0 Å². The summed E-state index contributed by atoms with van der Waals surface area (Å²) in [7, 11) is 0. The highest BCUT2D eigenvalue weighted by Gasteiger charge is 1.97. The maximum absolute atomic E-state index is 3.86. The van der Waals surface area contributed by atoms with Gasteiger partial charge in [0.15, 0.2) is 0 Å². The van der Waals surface area contributed by atoms with Gasteiger partial charge in [0.25, 0.3) is 0 Å². The number of rotatable bonds is 4. The standard InChI is InChI=1S/C13H19N/c1-10(2)8-14-9-13-6-5-11(3)7-12(13)4/h5-7,14H,1,8-9H2,2-4H3. The van der Waals surface area contributed by atoms with E-state index in [1.54, 1.807) is 0 Å². The van der Waals surface area contributed by atoms with Gasteiger partial charge in [-0.2, -0.15) is 0 Å². The van der Waals surface area contributed by atoms with Crippen molar-refractivity contribution in [2.24, 2.45) is 0 Å². The summed E-state index contributed by atoms with van der Waals surface area (Å²) in [6, 6.07) is 6.57. The smallest absolute Gasteiger partial charge is 0.0211 e. The van der Waals surface area contributed by atoms with Gasteiger partial charge in [-0.05, 0) is 31.9 Å². The molecule has 0 aliphatic rings. The fraction of sp³-hybridized carbons (Fsp3) is 0.385. The van der Waals surface area contributed by atoms with E-state index in [9.17, 15) is 0 Å². The third-order valence-corrected chi connectivity index (χ3v) is 2.24. The summed E-state index contributed by atoms with van der Waals surface area (Å²) in [5.41, 5.74) is 5.23. The van der Waals surface area contributed by atoms with Gasteiger partial charge in [0.2, 0.25) is 0 Å². The maximum Gasteiger partial charge on any atom is 0.0211 e. The number of aryl methyl sites for hydroxylation is 2. The van der Waals surface area contributed by atoms with E-state index in [1.807, 2.05) is 6.92 Å². The molecule has 76 valence electrons. The second-order valence-corrected chi connectivity index (χ2v) is 3.99. The largest absolute Gasteiger partial charge is 0.309 e. The van der Waals surface area contributed by atoms with Gasteiger partial charge in [0.1, 0.15) is 0 Å². The Bertz CT molecular complexity index is 326. The van der Waals surface area contributed by atoms with Crippen LogP contribution in [0.15, 0.2) is 30.4 Å². The average molecular weight is 189 g/mol. The Hall–Kier alpha value is -1.08. The van der Waals surface area contributed by atoms with Crippen LogP contribution in [0.25, 0.3) is 0 Å². The second kappa shape index (κ2) is 4.97. The highest BCUT2D eigenvalue weighted by Crippen LogP contribution is 2.09. The molecule has 0 aromatic heterocycles. The Morgan fingerprint density at radius 3 is 2.64 bits per heavy atom. The van der Waals surface area contributed by atoms with Crippen molar-refractivity contribution in [1.29, 1.82) is 0 Å². The van der Waals surface area contributed by atoms with E-state index in [2.05, 4.69) is 43.9 Å². The van der Waals surface area contributed by atoms with Crippen LogP contribution in [0.4, 0.5) is 0 Å². The number of hydrogen-bond donors (Lipinski definition) is 1. The van der Waals surface area contributed by atoms with Gasteiger partial charge in [0, 0.05) is 13.1 Å². The van der Waals surface area contributed by atoms with Crippen molar-refractivity contribution in [3.05, 3.63) is 47.0 Å². The molecule has 0 heterocycles. The summed E-state index contributed by atoms with van der Waals surface area (Å²) in [6.07, 6.45) is 0. The molecule has 1 aromatic rings. The Balaban J connectivity index is 2.55. The van der Waals surface area contributed by atoms with Gasteiger partial charge in [-0.3, -0.25) is 0 Å². The first-order valence-corrected chi connectivity index (χ1v) is 5.01. The normalized spacial score (nSPS) is 10.2. The van der Waals surface area contributed by atoms with Gasteiger partial charge in [-0.1, -0.05) is 35.9 Å². The zero-order chi connectivity index (χ0) is 10.6. The topological polar surface area (TPSA) is 12.0 Å². The van der Waals surface area contributed by atoms with Crippen LogP contribution < -0.4 is 5.32 Å². The zero-order valence-corrected chi connectivity index (χ0v) is 9.35. The number of nitrogens with one attached hydrogen (secondary N) is 1. The molecule has 14 heavy (non-hydrogen) atoms. The summed E-state index contributed by atoms with van der Waals surface area (Å²) in [5.74, 6) is 0. The van der Waals surface area contributed by atoms with Crippen LogP contribution >= 0.6 is 0 Å². The quantitative estimate of drug-likeness (QED) is 0.718. The molecule has 0 bridgehead atoms. The maximum atomic E-state index is 3.86. The van der Waals surface area contributed by atoms with Crippen LogP contribution in [-0.4, -0.2) is 6.54 Å². The number of hydrogen-bond acceptors (Lipinski definition) is 1. The van der Waals surface area contributed by atoms with E-state index in [0.717, 1.165) is 13.1 Å². The molecule has 0 aliphatic carbocycles. The van der Waals surface area contributed by atoms with E-state index in [0.29, 0.717) is 0 Å². The van der Waals surface area contributed by atoms with E-state index >= 15 is 0 Å². The molecule has 0 amide bonds. The van der Waals surface area contributed by atoms with E-state index in [4.69, 9.17) is 0 Å². The molecule has 0 saturated carbocycles. The minimum absolute atomic E-state index is 0.896. The van der Waals surface area contributed by atoms with Crippen molar-refractivity contribution in [2.75, 3.05) is 6.54 Å². The Morgan fingerprint density at radius 2 is 2.07 bits per heavy atom. The average Bonchev–Trinajstić information content (AvgIpc) is 2.08. The molecule has 0 aliphatic heterocycles. The van der Waals surface area contributed by atoms with Crippen molar-refractivity contribution in [3.63, 3.8) is 0 Å². The summed E-state index contributed by atoms with van der Waals surface area (Å²) >= 11 is 0. The lowest BCUT2D eigenvalue weighted by atomic mass is 10.1. The van der Waals surface area contributed by atoms with Crippen LogP contribution in [-0.2, 0) is 6.54 Å². The fourth-order valence-corrected chi connectivity index (χ4v) is 1.45. The van der Waals surface area contributed by atoms with E-state index < -0.39 is 0 Å². The molecule has 1 N–H and O–H groups in total. The molecule has 0 saturated heterocycles. The SMILES string of the molecule is C=C(C)CNCc1ccc(C)cc1C. The predicted molar refractivity (Wildman–Crippen MR) is 62.4 cm³/mol. The molecular formula is C13H19N. The van der Waals surface area contributed by atoms with Gasteiger partial charge < -0.3 is 5.32 Å². The lowest BCUT2D eigenvalue weighted by molar-refractivity contribution is 0.737. The van der Waals surface area contributed by atoms with Gasteiger partial charge in [-0.25, -0.2) is 0 Å². The molecule has 1 heteroatoms. The van der Waals surface area contributed by atoms with Crippen molar-refractivity contribution in [3.8, 4) is 0 Å². The van der Waals surface area contributed by atoms with Crippen LogP contribution in [0, 0.1) is 13.8 Å². The van der Waals surface area contributed by atoms with Crippen LogP contribution in [0.2, 0.25) is 0 Å². The number of benzene rings is 1. The molecular weight excluding hydrogens is 170 g/mol. The molecule has 0 spiro atoms. The van der Waals surface area contributed by atoms with E-state index in [-0.39, 0.29) is 0 Å². The predicted octanol–water partition coefficient (Wildman–Crippen LogP) is 2.97. The highest BCUT2D eigenvalue weighted by molar-refractivity contribution is 5.30. The molecule has 0 atom stereocenters. The Morgan fingerprint density at radius 1 is 1.36 bits per heavy atom. The first-order chi connectivity index (χ1) is 6.59. The van der Waals surface area contributed by atoms with Crippen LogP contribution in [0.5, 0.6) is 0 Å². The van der Waals surface area contributed by atoms with Gasteiger partial charge in [-0.15, -0.1) is 0 Å². The minimum Gasteiger partial charge on any atom is -0.309 e. The lowest BCUT2D eigenvalue weighted by Crippen LogP contribution is -2.15. The molecule has 0 radical (unpaired) electrons. The van der Waals surface area contributed by atoms with Gasteiger partial charge in [0.05, 0.1) is 0 Å². The summed E-state index contributed by atoms with van der Waals surface area (Å²) in [4.78, 5) is 0. The first kappa shape index (κ1) is 11.0. The highest BCUT2D eigenvalue weighted by atomic mass is 14.8. The Kier molecular flexibility index (Phi) is 3.90. The molecule has 1 aromatic carbocycles. The van der Waals surface area contributed by atoms with E-state index in [1.165, 1.54) is 22.3 Å². The van der Waals surface area contributed by atoms with Crippen molar-refractivity contribution < 1.29 is 0 Å². The third kappa shape index (κ3) is 3.35.